The van der Waals surface area contributed by atoms with Crippen molar-refractivity contribution in [2.45, 2.75) is 6.92 Å². The highest BCUT2D eigenvalue weighted by Gasteiger charge is 2.17. The van der Waals surface area contributed by atoms with E-state index >= 15 is 0 Å². The van der Waals surface area contributed by atoms with Gasteiger partial charge in [-0.3, -0.25) is 9.38 Å². The van der Waals surface area contributed by atoms with Gasteiger partial charge in [-0.25, -0.2) is 9.37 Å². The summed E-state index contributed by atoms with van der Waals surface area (Å²) in [5.41, 5.74) is 3.81. The van der Waals surface area contributed by atoms with Crippen molar-refractivity contribution >= 4 is 16.3 Å². The first-order chi connectivity index (χ1) is 10.7. The Hall–Kier alpha value is -2.53. The topological polar surface area (TPSA) is 30.2 Å². The third-order valence-corrected chi connectivity index (χ3v) is 4.41. The van der Waals surface area contributed by atoms with Crippen LogP contribution in [-0.2, 0) is 0 Å². The molecular weight excluding hydrogens is 297 g/mol. The monoisotopic (exact) mass is 309 g/mol. The average Bonchev–Trinajstić information content (AvgIpc) is 3.04. The highest BCUT2D eigenvalue weighted by Crippen LogP contribution is 2.34. The van der Waals surface area contributed by atoms with Gasteiger partial charge in [-0.05, 0) is 43.3 Å². The second kappa shape index (κ2) is 5.03. The Morgan fingerprint density at radius 1 is 1.00 bits per heavy atom. The molecule has 3 nitrogen and oxygen atoms in total. The number of imidazole rings is 1. The first kappa shape index (κ1) is 13.2. The molecule has 4 rings (SSSR count). The maximum Gasteiger partial charge on any atom is 0.194 e. The molecule has 0 spiro atoms. The van der Waals surface area contributed by atoms with Crippen molar-refractivity contribution in [3.8, 4) is 22.5 Å². The lowest BCUT2D eigenvalue weighted by atomic mass is 10.1. The number of fused-ring (bicyclic) bond motifs is 1. The molecule has 22 heavy (non-hydrogen) atoms. The fourth-order valence-electron chi connectivity index (χ4n) is 2.55. The normalized spacial score (nSPS) is 11.2. The van der Waals surface area contributed by atoms with Gasteiger partial charge in [-0.2, -0.15) is 0 Å². The molecule has 1 aromatic carbocycles. The van der Waals surface area contributed by atoms with Crippen molar-refractivity contribution in [3.05, 3.63) is 65.7 Å². The van der Waals surface area contributed by atoms with Gasteiger partial charge < -0.3 is 0 Å². The predicted octanol–water partition coefficient (Wildman–Crippen LogP) is 4.57. The van der Waals surface area contributed by atoms with Gasteiger partial charge in [-0.1, -0.05) is 0 Å². The smallest absolute Gasteiger partial charge is 0.194 e. The van der Waals surface area contributed by atoms with E-state index in [-0.39, 0.29) is 5.82 Å². The van der Waals surface area contributed by atoms with E-state index in [0.29, 0.717) is 0 Å². The molecule has 0 radical (unpaired) electrons. The summed E-state index contributed by atoms with van der Waals surface area (Å²) >= 11 is 1.64. The Bertz CT molecular complexity index is 939. The van der Waals surface area contributed by atoms with Gasteiger partial charge in [0.1, 0.15) is 5.82 Å². The van der Waals surface area contributed by atoms with Gasteiger partial charge in [-0.15, -0.1) is 11.3 Å². The van der Waals surface area contributed by atoms with Crippen LogP contribution in [0.3, 0.4) is 0 Å². The lowest BCUT2D eigenvalue weighted by Crippen LogP contribution is -1.88. The zero-order valence-electron chi connectivity index (χ0n) is 11.8. The molecular formula is C17H12FN3S. The zero-order chi connectivity index (χ0) is 15.1. The highest BCUT2D eigenvalue weighted by molar-refractivity contribution is 7.17. The molecule has 0 amide bonds. The molecule has 0 bridgehead atoms. The number of hydrogen-bond acceptors (Lipinski definition) is 3. The van der Waals surface area contributed by atoms with Crippen LogP contribution in [0.1, 0.15) is 4.88 Å². The number of nitrogens with zero attached hydrogens (tertiary/aromatic N) is 3. The summed E-state index contributed by atoms with van der Waals surface area (Å²) in [6.45, 7) is 2.06. The first-order valence-electron chi connectivity index (χ1n) is 6.87. The summed E-state index contributed by atoms with van der Waals surface area (Å²) in [6.07, 6.45) is 5.61. The van der Waals surface area contributed by atoms with Crippen molar-refractivity contribution in [2.24, 2.45) is 0 Å². The predicted molar refractivity (Wildman–Crippen MR) is 86.4 cm³/mol. The molecule has 0 aliphatic rings. The second-order valence-electron chi connectivity index (χ2n) is 5.05. The van der Waals surface area contributed by atoms with Crippen LogP contribution >= 0.6 is 11.3 Å². The van der Waals surface area contributed by atoms with Crippen LogP contribution in [0.2, 0.25) is 0 Å². The van der Waals surface area contributed by atoms with Gasteiger partial charge in [0.05, 0.1) is 11.4 Å². The van der Waals surface area contributed by atoms with Crippen LogP contribution in [-0.4, -0.2) is 14.4 Å². The van der Waals surface area contributed by atoms with Crippen LogP contribution in [0.25, 0.3) is 27.5 Å². The third kappa shape index (κ3) is 2.10. The number of aromatic nitrogens is 3. The van der Waals surface area contributed by atoms with E-state index in [4.69, 9.17) is 4.98 Å². The molecule has 3 heterocycles. The molecule has 0 fully saturated rings. The molecule has 0 unspecified atom stereocenters. The maximum atomic E-state index is 13.2. The summed E-state index contributed by atoms with van der Waals surface area (Å²) in [5.74, 6) is -0.244. The maximum absolute atomic E-state index is 13.2. The summed E-state index contributed by atoms with van der Waals surface area (Å²) < 4.78 is 15.3. The summed E-state index contributed by atoms with van der Waals surface area (Å²) in [4.78, 5) is 11.0. The Morgan fingerprint density at radius 3 is 2.45 bits per heavy atom. The van der Waals surface area contributed by atoms with E-state index in [1.807, 2.05) is 12.1 Å². The Morgan fingerprint density at radius 2 is 1.73 bits per heavy atom. The van der Waals surface area contributed by atoms with Crippen LogP contribution in [0.4, 0.5) is 4.39 Å². The minimum atomic E-state index is -0.244. The van der Waals surface area contributed by atoms with Crippen molar-refractivity contribution in [1.29, 1.82) is 0 Å². The number of hydrogen-bond donors (Lipinski definition) is 0. The Labute approximate surface area is 130 Å². The van der Waals surface area contributed by atoms with Gasteiger partial charge in [0.15, 0.2) is 4.96 Å². The van der Waals surface area contributed by atoms with Gasteiger partial charge in [0.25, 0.3) is 0 Å². The lowest BCUT2D eigenvalue weighted by molar-refractivity contribution is 0.628. The van der Waals surface area contributed by atoms with Gasteiger partial charge >= 0.3 is 0 Å². The average molecular weight is 309 g/mol. The number of aryl methyl sites for hydroxylation is 1. The van der Waals surface area contributed by atoms with E-state index in [1.165, 1.54) is 17.0 Å². The van der Waals surface area contributed by atoms with Gasteiger partial charge in [0, 0.05) is 34.6 Å². The first-order valence-corrected chi connectivity index (χ1v) is 7.69. The van der Waals surface area contributed by atoms with Crippen molar-refractivity contribution in [3.63, 3.8) is 0 Å². The van der Waals surface area contributed by atoms with Crippen LogP contribution in [0.5, 0.6) is 0 Å². The quantitative estimate of drug-likeness (QED) is 0.543. The molecule has 0 atom stereocenters. The third-order valence-electron chi connectivity index (χ3n) is 3.51. The number of benzene rings is 1. The van der Waals surface area contributed by atoms with E-state index in [1.54, 1.807) is 35.9 Å². The highest BCUT2D eigenvalue weighted by atomic mass is 32.1. The standard InChI is InChI=1S/C17H12FN3S/c1-11-10-21-16(13-6-8-19-9-7-13)15(20-17(21)22-11)12-2-4-14(18)5-3-12/h2-10H,1H3. The molecule has 3 aromatic heterocycles. The largest absolute Gasteiger partial charge is 0.289 e. The molecule has 0 saturated heterocycles. The summed E-state index contributed by atoms with van der Waals surface area (Å²) in [6, 6.07) is 10.4. The fourth-order valence-corrected chi connectivity index (χ4v) is 3.38. The van der Waals surface area contributed by atoms with Crippen molar-refractivity contribution < 1.29 is 4.39 Å². The summed E-state index contributed by atoms with van der Waals surface area (Å²) in [7, 11) is 0. The second-order valence-corrected chi connectivity index (χ2v) is 6.26. The molecule has 4 aromatic rings. The van der Waals surface area contributed by atoms with Gasteiger partial charge in [0.2, 0.25) is 0 Å². The summed E-state index contributed by atoms with van der Waals surface area (Å²) in [5, 5.41) is 0. The molecule has 108 valence electrons. The van der Waals surface area contributed by atoms with Crippen molar-refractivity contribution in [1.82, 2.24) is 14.4 Å². The van der Waals surface area contributed by atoms with Crippen molar-refractivity contribution in [2.75, 3.05) is 0 Å². The van der Waals surface area contributed by atoms with E-state index < -0.39 is 0 Å². The molecule has 0 N–H and O–H groups in total. The van der Waals surface area contributed by atoms with Crippen LogP contribution in [0.15, 0.2) is 55.0 Å². The fraction of sp³-hybridized carbons (Fsp3) is 0.0588. The Kier molecular flexibility index (Phi) is 3.01. The molecule has 5 heteroatoms. The van der Waals surface area contributed by atoms with E-state index in [0.717, 1.165) is 27.5 Å². The van der Waals surface area contributed by atoms with E-state index in [9.17, 15) is 4.39 Å². The minimum Gasteiger partial charge on any atom is -0.289 e. The molecule has 0 aliphatic heterocycles. The Balaban J connectivity index is 2.02. The minimum absolute atomic E-state index is 0.244. The number of pyridine rings is 1. The lowest BCUT2D eigenvalue weighted by Gasteiger charge is -2.04. The number of halogens is 1. The molecule has 0 saturated carbocycles. The van der Waals surface area contributed by atoms with E-state index in [2.05, 4.69) is 22.5 Å². The number of rotatable bonds is 2. The molecule has 0 aliphatic carbocycles. The number of thiazole rings is 1. The zero-order valence-corrected chi connectivity index (χ0v) is 12.6. The SMILES string of the molecule is Cc1cn2c(-c3ccncc3)c(-c3ccc(F)cc3)nc2s1. The van der Waals surface area contributed by atoms with Crippen LogP contribution in [0, 0.1) is 12.7 Å². The van der Waals surface area contributed by atoms with Crippen LogP contribution < -0.4 is 0 Å².